The van der Waals surface area contributed by atoms with Crippen LogP contribution in [0.3, 0.4) is 0 Å². The van der Waals surface area contributed by atoms with Crippen LogP contribution in [0.4, 0.5) is 0 Å². The van der Waals surface area contributed by atoms with Crippen molar-refractivity contribution in [2.45, 2.75) is 19.8 Å². The minimum atomic E-state index is -0.867. The number of carbonyl (C=O) groups excluding carboxylic acids is 3. The number of aromatic hydroxyl groups is 1. The van der Waals surface area contributed by atoms with Crippen LogP contribution in [0.1, 0.15) is 41.3 Å². The quantitative estimate of drug-likeness (QED) is 0.511. The molecule has 2 unspecified atom stereocenters. The highest BCUT2D eigenvalue weighted by atomic mass is 16.3. The average molecular weight is 384 g/mol. The van der Waals surface area contributed by atoms with Crippen LogP contribution < -0.4 is 0 Å². The zero-order chi connectivity index (χ0) is 20.7. The maximum atomic E-state index is 12.0. The Labute approximate surface area is 168 Å². The van der Waals surface area contributed by atoms with E-state index in [0.29, 0.717) is 12.6 Å². The van der Waals surface area contributed by atoms with Crippen molar-refractivity contribution in [3.05, 3.63) is 71.3 Å². The van der Waals surface area contributed by atoms with Crippen LogP contribution in [0, 0.1) is 5.92 Å². The fraction of sp³-hybridized carbons (Fsp3) is 0.160. The van der Waals surface area contributed by atoms with E-state index in [-0.39, 0.29) is 23.0 Å². The van der Waals surface area contributed by atoms with E-state index in [1.54, 1.807) is 18.2 Å². The molecule has 1 N–H and O–H groups in total. The Hall–Kier alpha value is -3.53. The van der Waals surface area contributed by atoms with Gasteiger partial charge >= 0.3 is 0 Å². The Morgan fingerprint density at radius 1 is 1.03 bits per heavy atom. The summed E-state index contributed by atoms with van der Waals surface area (Å²) in [5.74, 6) is -1.35. The largest absolute Gasteiger partial charge is 0.507 e. The summed E-state index contributed by atoms with van der Waals surface area (Å²) in [4.78, 5) is 35.0. The molecule has 3 aromatic rings. The van der Waals surface area contributed by atoms with Crippen molar-refractivity contribution in [2.24, 2.45) is 5.92 Å². The molecule has 29 heavy (non-hydrogen) atoms. The van der Waals surface area contributed by atoms with Crippen LogP contribution in [-0.4, -0.2) is 23.5 Å². The van der Waals surface area contributed by atoms with Gasteiger partial charge in [0.1, 0.15) is 17.8 Å². The van der Waals surface area contributed by atoms with Gasteiger partial charge in [0.25, 0.3) is 0 Å². The highest BCUT2D eigenvalue weighted by Crippen LogP contribution is 2.48. The van der Waals surface area contributed by atoms with Gasteiger partial charge in [0.05, 0.1) is 11.5 Å². The summed E-state index contributed by atoms with van der Waals surface area (Å²) in [6.07, 6.45) is 2.95. The summed E-state index contributed by atoms with van der Waals surface area (Å²) in [5, 5.41) is 12.5. The molecule has 0 aliphatic heterocycles. The summed E-state index contributed by atoms with van der Waals surface area (Å²) in [5.41, 5.74) is 4.52. The van der Waals surface area contributed by atoms with Gasteiger partial charge in [-0.1, -0.05) is 49.4 Å². The van der Waals surface area contributed by atoms with Gasteiger partial charge < -0.3 is 9.90 Å². The highest BCUT2D eigenvalue weighted by molar-refractivity contribution is 6.07. The van der Waals surface area contributed by atoms with Gasteiger partial charge in [0.15, 0.2) is 6.29 Å². The van der Waals surface area contributed by atoms with Crippen LogP contribution in [0.15, 0.2) is 54.6 Å². The standard InChI is InChI=1S/C25H20O4/c1-14-19-7-3-5-16-6-4-8-20(25(16)19)22-10-18(13-27)24(29)11-23(22)21(14)9-17(12-26)15(2)28/h3-14,17,29H,1-2H3. The molecule has 4 heteroatoms. The molecule has 0 spiro atoms. The average Bonchev–Trinajstić information content (AvgIpc) is 2.81. The third-order valence-electron chi connectivity index (χ3n) is 5.74. The lowest BCUT2D eigenvalue weighted by Gasteiger charge is -2.19. The molecular formula is C25H20O4. The number of carbonyl (C=O) groups is 3. The Kier molecular flexibility index (Phi) is 4.63. The van der Waals surface area contributed by atoms with Crippen molar-refractivity contribution >= 4 is 34.7 Å². The first-order valence-electron chi connectivity index (χ1n) is 9.48. The van der Waals surface area contributed by atoms with Gasteiger partial charge in [-0.25, -0.2) is 0 Å². The molecule has 0 bridgehead atoms. The van der Waals surface area contributed by atoms with Crippen molar-refractivity contribution in [1.82, 2.24) is 0 Å². The van der Waals surface area contributed by atoms with E-state index in [0.717, 1.165) is 38.6 Å². The van der Waals surface area contributed by atoms with E-state index in [4.69, 9.17) is 0 Å². The number of ketones is 1. The number of rotatable bonds is 4. The molecule has 4 rings (SSSR count). The summed E-state index contributed by atoms with van der Waals surface area (Å²) in [6, 6.07) is 15.3. The first-order valence-corrected chi connectivity index (χ1v) is 9.48. The van der Waals surface area contributed by atoms with E-state index < -0.39 is 5.92 Å². The van der Waals surface area contributed by atoms with Crippen LogP contribution >= 0.6 is 0 Å². The monoisotopic (exact) mass is 384 g/mol. The molecule has 0 fully saturated rings. The van der Waals surface area contributed by atoms with E-state index in [1.807, 2.05) is 43.3 Å². The van der Waals surface area contributed by atoms with Crippen LogP contribution in [0.5, 0.6) is 5.75 Å². The Morgan fingerprint density at radius 2 is 1.76 bits per heavy atom. The van der Waals surface area contributed by atoms with Crippen LogP contribution in [0.2, 0.25) is 0 Å². The van der Waals surface area contributed by atoms with Gasteiger partial charge in [-0.15, -0.1) is 0 Å². The zero-order valence-corrected chi connectivity index (χ0v) is 16.2. The van der Waals surface area contributed by atoms with Gasteiger partial charge in [-0.05, 0) is 57.7 Å². The smallest absolute Gasteiger partial charge is 0.153 e. The second-order valence-electron chi connectivity index (χ2n) is 7.44. The summed E-state index contributed by atoms with van der Waals surface area (Å²) >= 11 is 0. The molecule has 1 aliphatic carbocycles. The molecule has 0 aromatic heterocycles. The van der Waals surface area contributed by atoms with Gasteiger partial charge in [0, 0.05) is 5.92 Å². The van der Waals surface area contributed by atoms with Crippen LogP contribution in [0.25, 0.3) is 27.5 Å². The third-order valence-corrected chi connectivity index (χ3v) is 5.74. The number of hydrogen-bond donors (Lipinski definition) is 1. The second kappa shape index (κ2) is 7.13. The normalized spacial score (nSPS) is 17.4. The van der Waals surface area contributed by atoms with Gasteiger partial charge in [-0.3, -0.25) is 9.59 Å². The lowest BCUT2D eigenvalue weighted by molar-refractivity contribution is -0.123. The fourth-order valence-corrected chi connectivity index (χ4v) is 4.20. The predicted octanol–water partition coefficient (Wildman–Crippen LogP) is 4.93. The van der Waals surface area contributed by atoms with E-state index >= 15 is 0 Å². The Balaban J connectivity index is 2.16. The zero-order valence-electron chi connectivity index (χ0n) is 16.2. The van der Waals surface area contributed by atoms with E-state index in [2.05, 4.69) is 0 Å². The topological polar surface area (TPSA) is 71.4 Å². The van der Waals surface area contributed by atoms with Crippen molar-refractivity contribution in [3.63, 3.8) is 0 Å². The molecule has 3 aromatic carbocycles. The summed E-state index contributed by atoms with van der Waals surface area (Å²) in [6.45, 7) is 3.42. The molecule has 0 radical (unpaired) electrons. The molecule has 2 atom stereocenters. The summed E-state index contributed by atoms with van der Waals surface area (Å²) in [7, 11) is 0. The van der Waals surface area contributed by atoms with Crippen LogP contribution in [-0.2, 0) is 9.59 Å². The number of phenols is 1. The molecule has 4 nitrogen and oxygen atoms in total. The number of fused-ring (bicyclic) bond motifs is 2. The van der Waals surface area contributed by atoms with E-state index in [9.17, 15) is 19.5 Å². The molecule has 0 heterocycles. The number of allylic oxidation sites excluding steroid dienone is 2. The lowest BCUT2D eigenvalue weighted by Crippen LogP contribution is -2.11. The number of phenolic OH excluding ortho intramolecular Hbond substituents is 1. The lowest BCUT2D eigenvalue weighted by atomic mass is 9.84. The third kappa shape index (κ3) is 2.97. The van der Waals surface area contributed by atoms with Gasteiger partial charge in [0.2, 0.25) is 0 Å². The number of hydrogen-bond acceptors (Lipinski definition) is 4. The summed E-state index contributed by atoms with van der Waals surface area (Å²) < 4.78 is 0. The second-order valence-corrected chi connectivity index (χ2v) is 7.44. The van der Waals surface area contributed by atoms with Gasteiger partial charge in [-0.2, -0.15) is 0 Å². The van der Waals surface area contributed by atoms with Crippen molar-refractivity contribution < 1.29 is 19.5 Å². The number of Topliss-reactive ketones (excluding diaryl/α,β-unsaturated/α-hetero) is 1. The highest BCUT2D eigenvalue weighted by Gasteiger charge is 2.27. The number of aldehydes is 2. The Morgan fingerprint density at radius 3 is 2.41 bits per heavy atom. The first kappa shape index (κ1) is 18.8. The minimum Gasteiger partial charge on any atom is -0.507 e. The molecule has 144 valence electrons. The SMILES string of the molecule is CC(=O)C(C=O)C=C1c2cc(O)c(C=O)cc2-c2cccc3cccc(c23)C1C. The Bertz CT molecular complexity index is 1200. The van der Waals surface area contributed by atoms with E-state index in [1.165, 1.54) is 6.92 Å². The maximum absolute atomic E-state index is 12.0. The maximum Gasteiger partial charge on any atom is 0.153 e. The predicted molar refractivity (Wildman–Crippen MR) is 113 cm³/mol. The first-order chi connectivity index (χ1) is 14.0. The molecule has 0 amide bonds. The molecule has 0 saturated carbocycles. The van der Waals surface area contributed by atoms with Crippen molar-refractivity contribution in [3.8, 4) is 16.9 Å². The minimum absolute atomic E-state index is 0.121. The van der Waals surface area contributed by atoms with Crippen molar-refractivity contribution in [1.29, 1.82) is 0 Å². The molecular weight excluding hydrogens is 364 g/mol. The molecule has 0 saturated heterocycles. The number of benzene rings is 3. The van der Waals surface area contributed by atoms with Crippen molar-refractivity contribution in [2.75, 3.05) is 0 Å². The fourth-order valence-electron chi connectivity index (χ4n) is 4.20. The molecule has 1 aliphatic rings.